The van der Waals surface area contributed by atoms with Crippen molar-refractivity contribution >= 4 is 45.2 Å². The standard InChI is InChI=1S/C18H14BrClN2O2/c1-11-5-3-4-6-16(11)22-18(23)13(10-21)7-12-8-14(19)17(24-2)15(20)9-12/h3-9H,1-2H3,(H,22,23)/b13-7-. The van der Waals surface area contributed by atoms with Gasteiger partial charge >= 0.3 is 0 Å². The summed E-state index contributed by atoms with van der Waals surface area (Å²) in [4.78, 5) is 12.3. The Hall–Kier alpha value is -2.29. The molecule has 2 aromatic carbocycles. The third-order valence-electron chi connectivity index (χ3n) is 3.29. The second-order valence-electron chi connectivity index (χ2n) is 4.96. The molecular weight excluding hydrogens is 392 g/mol. The van der Waals surface area contributed by atoms with Crippen LogP contribution in [-0.4, -0.2) is 13.0 Å². The first-order valence-electron chi connectivity index (χ1n) is 6.98. The third kappa shape index (κ3) is 4.16. The molecule has 0 unspecified atom stereocenters. The van der Waals surface area contributed by atoms with Gasteiger partial charge in [-0.2, -0.15) is 5.26 Å². The van der Waals surface area contributed by atoms with E-state index in [4.69, 9.17) is 16.3 Å². The highest BCUT2D eigenvalue weighted by Crippen LogP contribution is 2.34. The molecule has 0 heterocycles. The minimum absolute atomic E-state index is 0.0219. The molecule has 0 fully saturated rings. The molecule has 0 spiro atoms. The van der Waals surface area contributed by atoms with Gasteiger partial charge in [-0.25, -0.2) is 0 Å². The fraction of sp³-hybridized carbons (Fsp3) is 0.111. The van der Waals surface area contributed by atoms with E-state index in [0.717, 1.165) is 5.56 Å². The molecule has 1 N–H and O–H groups in total. The van der Waals surface area contributed by atoms with Gasteiger partial charge in [-0.15, -0.1) is 0 Å². The van der Waals surface area contributed by atoms with Gasteiger partial charge < -0.3 is 10.1 Å². The van der Waals surface area contributed by atoms with E-state index in [1.54, 1.807) is 18.2 Å². The predicted molar refractivity (Wildman–Crippen MR) is 99.1 cm³/mol. The van der Waals surface area contributed by atoms with Crippen LogP contribution < -0.4 is 10.1 Å². The van der Waals surface area contributed by atoms with Crippen LogP contribution in [0.15, 0.2) is 46.4 Å². The summed E-state index contributed by atoms with van der Waals surface area (Å²) < 4.78 is 5.80. The quantitative estimate of drug-likeness (QED) is 0.577. The monoisotopic (exact) mass is 404 g/mol. The first-order valence-corrected chi connectivity index (χ1v) is 8.15. The number of hydrogen-bond donors (Lipinski definition) is 1. The van der Waals surface area contributed by atoms with Crippen molar-refractivity contribution < 1.29 is 9.53 Å². The summed E-state index contributed by atoms with van der Waals surface area (Å²) in [7, 11) is 1.51. The zero-order chi connectivity index (χ0) is 17.7. The number of nitriles is 1. The number of ether oxygens (including phenoxy) is 1. The molecule has 0 saturated carbocycles. The molecule has 0 radical (unpaired) electrons. The Labute approximate surface area is 153 Å². The molecule has 0 aliphatic heterocycles. The number of carbonyl (C=O) groups excluding carboxylic acids is 1. The van der Waals surface area contributed by atoms with Crippen LogP contribution in [0, 0.1) is 18.3 Å². The zero-order valence-corrected chi connectivity index (χ0v) is 15.4. The lowest BCUT2D eigenvalue weighted by atomic mass is 10.1. The van der Waals surface area contributed by atoms with E-state index in [2.05, 4.69) is 21.2 Å². The number of nitrogens with one attached hydrogen (secondary N) is 1. The van der Waals surface area contributed by atoms with E-state index < -0.39 is 5.91 Å². The number of anilines is 1. The molecule has 0 aromatic heterocycles. The van der Waals surface area contributed by atoms with Crippen molar-refractivity contribution in [1.82, 2.24) is 0 Å². The van der Waals surface area contributed by atoms with Crippen LogP contribution in [0.4, 0.5) is 5.69 Å². The Kier molecular flexibility index (Phi) is 6.02. The van der Waals surface area contributed by atoms with Crippen molar-refractivity contribution in [2.45, 2.75) is 6.92 Å². The lowest BCUT2D eigenvalue weighted by Gasteiger charge is -2.09. The van der Waals surface area contributed by atoms with E-state index in [1.807, 2.05) is 31.2 Å². The number of para-hydroxylation sites is 1. The number of hydrogen-bond acceptors (Lipinski definition) is 3. The van der Waals surface area contributed by atoms with Crippen LogP contribution in [0.25, 0.3) is 6.08 Å². The number of nitrogens with zero attached hydrogens (tertiary/aromatic N) is 1. The SMILES string of the molecule is COc1c(Cl)cc(/C=C(/C#N)C(=O)Nc2ccccc2C)cc1Br. The van der Waals surface area contributed by atoms with Crippen LogP contribution in [0.5, 0.6) is 5.75 Å². The minimum Gasteiger partial charge on any atom is -0.494 e. The molecule has 0 aliphatic carbocycles. The van der Waals surface area contributed by atoms with Gasteiger partial charge in [0.25, 0.3) is 5.91 Å². The van der Waals surface area contributed by atoms with Crippen LogP contribution in [0.3, 0.4) is 0 Å². The highest BCUT2D eigenvalue weighted by Gasteiger charge is 2.12. The largest absolute Gasteiger partial charge is 0.494 e. The van der Waals surface area contributed by atoms with Crippen molar-refractivity contribution in [2.75, 3.05) is 12.4 Å². The Morgan fingerprint density at radius 3 is 2.67 bits per heavy atom. The van der Waals surface area contributed by atoms with Crippen LogP contribution in [0.2, 0.25) is 5.02 Å². The van der Waals surface area contributed by atoms with E-state index in [9.17, 15) is 10.1 Å². The van der Waals surface area contributed by atoms with Gasteiger partial charge in [0.1, 0.15) is 11.6 Å². The molecule has 0 saturated heterocycles. The van der Waals surface area contributed by atoms with Crippen molar-refractivity contribution in [3.8, 4) is 11.8 Å². The molecule has 6 heteroatoms. The van der Waals surface area contributed by atoms with Crippen molar-refractivity contribution in [2.24, 2.45) is 0 Å². The van der Waals surface area contributed by atoms with Crippen molar-refractivity contribution in [1.29, 1.82) is 5.26 Å². The third-order valence-corrected chi connectivity index (χ3v) is 4.16. The number of methoxy groups -OCH3 is 1. The number of amides is 1. The van der Waals surface area contributed by atoms with Crippen LogP contribution >= 0.6 is 27.5 Å². The fourth-order valence-corrected chi connectivity index (χ4v) is 3.13. The van der Waals surface area contributed by atoms with Crippen molar-refractivity contribution in [3.05, 3.63) is 62.6 Å². The summed E-state index contributed by atoms with van der Waals surface area (Å²) in [5.41, 5.74) is 2.17. The first-order chi connectivity index (χ1) is 11.5. The zero-order valence-electron chi connectivity index (χ0n) is 13.1. The number of halogens is 2. The molecule has 2 aromatic rings. The maximum Gasteiger partial charge on any atom is 0.266 e. The second-order valence-corrected chi connectivity index (χ2v) is 6.22. The Morgan fingerprint density at radius 2 is 2.08 bits per heavy atom. The molecule has 1 amide bonds. The van der Waals surface area contributed by atoms with Crippen molar-refractivity contribution in [3.63, 3.8) is 0 Å². The number of benzene rings is 2. The molecule has 4 nitrogen and oxygen atoms in total. The average Bonchev–Trinajstić information content (AvgIpc) is 2.54. The van der Waals surface area contributed by atoms with E-state index in [-0.39, 0.29) is 5.57 Å². The number of rotatable bonds is 4. The predicted octanol–water partition coefficient (Wildman–Crippen LogP) is 4.97. The summed E-state index contributed by atoms with van der Waals surface area (Å²) in [6.07, 6.45) is 1.48. The van der Waals surface area contributed by atoms with Crippen LogP contribution in [0.1, 0.15) is 11.1 Å². The molecule has 0 bridgehead atoms. The van der Waals surface area contributed by atoms with E-state index >= 15 is 0 Å². The highest BCUT2D eigenvalue weighted by molar-refractivity contribution is 9.10. The summed E-state index contributed by atoms with van der Waals surface area (Å²) in [5.74, 6) is 0.0200. The van der Waals surface area contributed by atoms with Gasteiger partial charge in [-0.3, -0.25) is 4.79 Å². The lowest BCUT2D eigenvalue weighted by Crippen LogP contribution is -2.14. The maximum atomic E-state index is 12.3. The average molecular weight is 406 g/mol. The highest BCUT2D eigenvalue weighted by atomic mass is 79.9. The fourth-order valence-electron chi connectivity index (χ4n) is 2.08. The molecule has 2 rings (SSSR count). The van der Waals surface area contributed by atoms with E-state index in [1.165, 1.54) is 13.2 Å². The first kappa shape index (κ1) is 18.1. The van der Waals surface area contributed by atoms with Gasteiger partial charge in [0.2, 0.25) is 0 Å². The summed E-state index contributed by atoms with van der Waals surface area (Å²) in [6, 6.07) is 12.6. The Bertz CT molecular complexity index is 833. The van der Waals surface area contributed by atoms with Gasteiger partial charge in [0.05, 0.1) is 16.6 Å². The lowest BCUT2D eigenvalue weighted by molar-refractivity contribution is -0.112. The van der Waals surface area contributed by atoms with Gasteiger partial charge in [0.15, 0.2) is 5.75 Å². The summed E-state index contributed by atoms with van der Waals surface area (Å²) in [5, 5.41) is 12.4. The Balaban J connectivity index is 2.31. The minimum atomic E-state index is -0.477. The van der Waals surface area contributed by atoms with E-state index in [0.29, 0.717) is 26.5 Å². The number of aryl methyl sites for hydroxylation is 1. The topological polar surface area (TPSA) is 62.1 Å². The normalized spacial score (nSPS) is 10.9. The molecular formula is C18H14BrClN2O2. The molecule has 24 heavy (non-hydrogen) atoms. The Morgan fingerprint density at radius 1 is 1.38 bits per heavy atom. The van der Waals surface area contributed by atoms with Crippen LogP contribution in [-0.2, 0) is 4.79 Å². The number of carbonyl (C=O) groups is 1. The maximum absolute atomic E-state index is 12.3. The van der Waals surface area contributed by atoms with Gasteiger partial charge in [-0.05, 0) is 58.3 Å². The summed E-state index contributed by atoms with van der Waals surface area (Å²) >= 11 is 9.47. The molecule has 0 atom stereocenters. The van der Waals surface area contributed by atoms with Gasteiger partial charge in [0, 0.05) is 5.69 Å². The molecule has 0 aliphatic rings. The van der Waals surface area contributed by atoms with Gasteiger partial charge in [-0.1, -0.05) is 29.8 Å². The second kappa shape index (κ2) is 8.00. The molecule has 122 valence electrons. The smallest absolute Gasteiger partial charge is 0.266 e. The summed E-state index contributed by atoms with van der Waals surface area (Å²) in [6.45, 7) is 1.88.